The van der Waals surface area contributed by atoms with E-state index in [0.29, 0.717) is 22.5 Å². The van der Waals surface area contributed by atoms with Gasteiger partial charge in [-0.2, -0.15) is 0 Å². The number of benzene rings is 1. The molecule has 3 aromatic rings. The lowest BCUT2D eigenvalue weighted by molar-refractivity contribution is -0.124. The third-order valence-electron chi connectivity index (χ3n) is 5.89. The number of aryl methyl sites for hydroxylation is 3. The largest absolute Gasteiger partial charge is 0.298 e. The Morgan fingerprint density at radius 1 is 1.17 bits per heavy atom. The number of hydrogen-bond acceptors (Lipinski definition) is 5. The fraction of sp³-hybridized carbons (Fsp3) is 0.391. The standard InChI is InChI=1S/C23H26N4OS/c1-14-9-15(2)20(16(3)10-14)23(4)11-18(12-23)19(28)13-29-22-25-21(26-27-22)17-5-7-24-8-6-17/h5-10,18H,11-13H2,1-4H3,(H,25,26,27). The molecule has 2 heterocycles. The Labute approximate surface area is 175 Å². The van der Waals surface area contributed by atoms with Crippen LogP contribution in [-0.2, 0) is 10.2 Å². The van der Waals surface area contributed by atoms with Crippen LogP contribution in [0.4, 0.5) is 0 Å². The van der Waals surface area contributed by atoms with Crippen LogP contribution in [0.2, 0.25) is 0 Å². The summed E-state index contributed by atoms with van der Waals surface area (Å²) >= 11 is 1.41. The zero-order chi connectivity index (χ0) is 20.6. The topological polar surface area (TPSA) is 71.5 Å². The van der Waals surface area contributed by atoms with Crippen molar-refractivity contribution >= 4 is 17.5 Å². The van der Waals surface area contributed by atoms with E-state index in [1.165, 1.54) is 34.0 Å². The molecule has 1 fully saturated rings. The first kappa shape index (κ1) is 19.8. The summed E-state index contributed by atoms with van der Waals surface area (Å²) in [5, 5.41) is 7.77. The Hall–Kier alpha value is -2.47. The van der Waals surface area contributed by atoms with Crippen LogP contribution in [-0.4, -0.2) is 31.7 Å². The van der Waals surface area contributed by atoms with E-state index in [9.17, 15) is 4.79 Å². The molecular formula is C23H26N4OS. The van der Waals surface area contributed by atoms with E-state index in [2.05, 4.69) is 60.0 Å². The van der Waals surface area contributed by atoms with E-state index in [0.717, 1.165) is 18.4 Å². The monoisotopic (exact) mass is 406 g/mol. The highest BCUT2D eigenvalue weighted by molar-refractivity contribution is 7.99. The van der Waals surface area contributed by atoms with Crippen molar-refractivity contribution < 1.29 is 4.79 Å². The molecule has 0 aliphatic heterocycles. The molecule has 150 valence electrons. The SMILES string of the molecule is Cc1cc(C)c(C2(C)CC(C(=O)CSc3n[nH]c(-c4ccncc4)n3)C2)c(C)c1. The molecule has 1 aliphatic rings. The van der Waals surface area contributed by atoms with Crippen molar-refractivity contribution in [2.24, 2.45) is 5.92 Å². The van der Waals surface area contributed by atoms with Gasteiger partial charge in [0.05, 0.1) is 5.75 Å². The first-order chi connectivity index (χ1) is 13.9. The van der Waals surface area contributed by atoms with Gasteiger partial charge in [0, 0.05) is 23.9 Å². The van der Waals surface area contributed by atoms with Crippen molar-refractivity contribution in [3.05, 3.63) is 58.9 Å². The number of H-pyrrole nitrogens is 1. The van der Waals surface area contributed by atoms with Gasteiger partial charge in [0.25, 0.3) is 0 Å². The van der Waals surface area contributed by atoms with Gasteiger partial charge in [0.15, 0.2) is 5.82 Å². The van der Waals surface area contributed by atoms with Gasteiger partial charge in [-0.05, 0) is 67.9 Å². The predicted octanol–water partition coefficient (Wildman–Crippen LogP) is 4.82. The highest BCUT2D eigenvalue weighted by Gasteiger charge is 2.45. The molecular weight excluding hydrogens is 380 g/mol. The number of ketones is 1. The molecule has 5 nitrogen and oxygen atoms in total. The van der Waals surface area contributed by atoms with E-state index < -0.39 is 0 Å². The number of Topliss-reactive ketones (excluding diaryl/α,β-unsaturated/α-hetero) is 1. The molecule has 0 saturated heterocycles. The quantitative estimate of drug-likeness (QED) is 0.594. The van der Waals surface area contributed by atoms with E-state index in [1.54, 1.807) is 12.4 Å². The maximum absolute atomic E-state index is 12.7. The van der Waals surface area contributed by atoms with Crippen LogP contribution < -0.4 is 0 Å². The maximum Gasteiger partial charge on any atom is 0.209 e. The van der Waals surface area contributed by atoms with Crippen molar-refractivity contribution in [3.8, 4) is 11.4 Å². The Morgan fingerprint density at radius 3 is 2.48 bits per heavy atom. The van der Waals surface area contributed by atoms with Crippen LogP contribution in [0.1, 0.15) is 42.0 Å². The van der Waals surface area contributed by atoms with Crippen LogP contribution in [0.5, 0.6) is 0 Å². The average molecular weight is 407 g/mol. The van der Waals surface area contributed by atoms with E-state index in [4.69, 9.17) is 0 Å². The second kappa shape index (κ2) is 7.75. The number of nitrogens with one attached hydrogen (secondary N) is 1. The normalized spacial score (nSPS) is 21.0. The molecule has 29 heavy (non-hydrogen) atoms. The first-order valence-corrected chi connectivity index (χ1v) is 10.9. The number of aromatic nitrogens is 4. The summed E-state index contributed by atoms with van der Waals surface area (Å²) in [6.07, 6.45) is 5.29. The van der Waals surface area contributed by atoms with Crippen LogP contribution >= 0.6 is 11.8 Å². The van der Waals surface area contributed by atoms with Gasteiger partial charge in [-0.15, -0.1) is 5.10 Å². The summed E-state index contributed by atoms with van der Waals surface area (Å²) in [4.78, 5) is 21.2. The summed E-state index contributed by atoms with van der Waals surface area (Å²) in [5.41, 5.74) is 6.45. The molecule has 0 bridgehead atoms. The number of thioether (sulfide) groups is 1. The van der Waals surface area contributed by atoms with Crippen LogP contribution in [0.25, 0.3) is 11.4 Å². The third-order valence-corrected chi connectivity index (χ3v) is 6.76. The Morgan fingerprint density at radius 2 is 1.83 bits per heavy atom. The molecule has 1 aliphatic carbocycles. The smallest absolute Gasteiger partial charge is 0.209 e. The Balaban J connectivity index is 1.35. The van der Waals surface area contributed by atoms with Crippen LogP contribution in [0, 0.1) is 26.7 Å². The van der Waals surface area contributed by atoms with E-state index in [-0.39, 0.29) is 11.3 Å². The molecule has 0 spiro atoms. The van der Waals surface area contributed by atoms with Crippen molar-refractivity contribution in [1.29, 1.82) is 0 Å². The number of aromatic amines is 1. The molecule has 0 unspecified atom stereocenters. The molecule has 2 aromatic heterocycles. The Kier molecular flexibility index (Phi) is 5.30. The second-order valence-electron chi connectivity index (χ2n) is 8.40. The van der Waals surface area contributed by atoms with Gasteiger partial charge in [0.1, 0.15) is 5.78 Å². The molecule has 0 amide bonds. The molecule has 0 radical (unpaired) electrons. The number of pyridine rings is 1. The van der Waals surface area contributed by atoms with Crippen LogP contribution in [0.15, 0.2) is 41.8 Å². The lowest BCUT2D eigenvalue weighted by Crippen LogP contribution is -2.43. The third kappa shape index (κ3) is 3.99. The Bertz CT molecular complexity index is 1020. The summed E-state index contributed by atoms with van der Waals surface area (Å²) in [5.74, 6) is 1.54. The molecule has 1 N–H and O–H groups in total. The summed E-state index contributed by atoms with van der Waals surface area (Å²) in [6, 6.07) is 8.26. The minimum atomic E-state index is 0.103. The molecule has 6 heteroatoms. The van der Waals surface area contributed by atoms with Gasteiger partial charge < -0.3 is 0 Å². The fourth-order valence-electron chi connectivity index (χ4n) is 4.80. The van der Waals surface area contributed by atoms with Gasteiger partial charge in [0.2, 0.25) is 5.16 Å². The molecule has 1 saturated carbocycles. The maximum atomic E-state index is 12.7. The van der Waals surface area contributed by atoms with Crippen molar-refractivity contribution in [2.75, 3.05) is 5.75 Å². The van der Waals surface area contributed by atoms with Gasteiger partial charge >= 0.3 is 0 Å². The minimum absolute atomic E-state index is 0.103. The summed E-state index contributed by atoms with van der Waals surface area (Å²) < 4.78 is 0. The minimum Gasteiger partial charge on any atom is -0.298 e. The molecule has 0 atom stereocenters. The zero-order valence-electron chi connectivity index (χ0n) is 17.3. The van der Waals surface area contributed by atoms with Crippen molar-refractivity contribution in [1.82, 2.24) is 20.2 Å². The average Bonchev–Trinajstić information content (AvgIpc) is 3.13. The van der Waals surface area contributed by atoms with E-state index in [1.807, 2.05) is 12.1 Å². The zero-order valence-corrected chi connectivity index (χ0v) is 18.1. The highest BCUT2D eigenvalue weighted by atomic mass is 32.2. The number of hydrogen-bond donors (Lipinski definition) is 1. The fourth-order valence-corrected chi connectivity index (χ4v) is 5.57. The van der Waals surface area contributed by atoms with Gasteiger partial charge in [-0.3, -0.25) is 14.9 Å². The van der Waals surface area contributed by atoms with Gasteiger partial charge in [-0.25, -0.2) is 4.98 Å². The highest BCUT2D eigenvalue weighted by Crippen LogP contribution is 2.50. The number of carbonyl (C=O) groups excluding carboxylic acids is 1. The van der Waals surface area contributed by atoms with Crippen LogP contribution in [0.3, 0.4) is 0 Å². The number of carbonyl (C=O) groups is 1. The van der Waals surface area contributed by atoms with Crippen molar-refractivity contribution in [2.45, 2.75) is 51.1 Å². The first-order valence-electron chi connectivity index (χ1n) is 9.92. The number of rotatable bonds is 6. The summed E-state index contributed by atoms with van der Waals surface area (Å²) in [6.45, 7) is 8.81. The van der Waals surface area contributed by atoms with E-state index >= 15 is 0 Å². The second-order valence-corrected chi connectivity index (χ2v) is 9.34. The molecule has 4 rings (SSSR count). The number of nitrogens with zero attached hydrogens (tertiary/aromatic N) is 3. The predicted molar refractivity (Wildman–Crippen MR) is 116 cm³/mol. The molecule has 1 aromatic carbocycles. The lowest BCUT2D eigenvalue weighted by Gasteiger charge is -2.46. The summed E-state index contributed by atoms with van der Waals surface area (Å²) in [7, 11) is 0. The van der Waals surface area contributed by atoms with Gasteiger partial charge in [-0.1, -0.05) is 36.4 Å². The lowest BCUT2D eigenvalue weighted by atomic mass is 9.57. The van der Waals surface area contributed by atoms with Crippen molar-refractivity contribution in [3.63, 3.8) is 0 Å².